The van der Waals surface area contributed by atoms with E-state index in [1.165, 1.54) is 47.5 Å². The summed E-state index contributed by atoms with van der Waals surface area (Å²) in [4.78, 5) is 34.0. The van der Waals surface area contributed by atoms with Crippen molar-refractivity contribution in [2.24, 2.45) is 5.92 Å². The van der Waals surface area contributed by atoms with Crippen molar-refractivity contribution in [2.75, 3.05) is 12.4 Å². The zero-order valence-electron chi connectivity index (χ0n) is 20.1. The van der Waals surface area contributed by atoms with Gasteiger partial charge < -0.3 is 4.74 Å². The number of nitrogens with zero attached hydrogens (tertiary/aromatic N) is 5. The second-order valence-electron chi connectivity index (χ2n) is 8.83. The number of pyridine rings is 3. The van der Waals surface area contributed by atoms with Crippen LogP contribution in [0.2, 0.25) is 0 Å². The van der Waals surface area contributed by atoms with Crippen LogP contribution in [0.25, 0.3) is 16.9 Å². The molecule has 0 bridgehead atoms. The lowest BCUT2D eigenvalue weighted by Crippen LogP contribution is -2.19. The van der Waals surface area contributed by atoms with Gasteiger partial charge in [-0.1, -0.05) is 18.3 Å². The maximum absolute atomic E-state index is 13.5. The Morgan fingerprint density at radius 1 is 1.19 bits per heavy atom. The smallest absolute Gasteiger partial charge is 0.280 e. The summed E-state index contributed by atoms with van der Waals surface area (Å²) in [6.45, 7) is 3.91. The van der Waals surface area contributed by atoms with Crippen LogP contribution in [0.15, 0.2) is 47.7 Å². The lowest BCUT2D eigenvalue weighted by Gasteiger charge is -2.15. The number of nitrogens with one attached hydrogen (secondary N) is 1. The summed E-state index contributed by atoms with van der Waals surface area (Å²) < 4.78 is 33.7. The summed E-state index contributed by atoms with van der Waals surface area (Å²) in [5.41, 5.74) is 0.460. The Hall–Kier alpha value is -4.06. The van der Waals surface area contributed by atoms with Gasteiger partial charge in [-0.2, -0.15) is 0 Å². The first-order valence-corrected chi connectivity index (χ1v) is 12.2. The van der Waals surface area contributed by atoms with E-state index in [0.717, 1.165) is 23.1 Å². The monoisotopic (exact) mass is 524 g/mol. The predicted octanol–water partition coefficient (Wildman–Crippen LogP) is 4.78. The number of rotatable bonds is 7. The van der Waals surface area contributed by atoms with E-state index in [2.05, 4.69) is 32.4 Å². The van der Waals surface area contributed by atoms with Gasteiger partial charge in [-0.05, 0) is 43.0 Å². The minimum atomic E-state index is -2.84. The van der Waals surface area contributed by atoms with E-state index in [1.54, 1.807) is 19.2 Å². The molecule has 1 N–H and O–H groups in total. The van der Waals surface area contributed by atoms with E-state index in [-0.39, 0.29) is 33.8 Å². The van der Waals surface area contributed by atoms with Gasteiger partial charge in [0.2, 0.25) is 5.13 Å². The topological polar surface area (TPSA) is 112 Å². The fraction of sp³-hybridized carbons (Fsp3) is 0.280. The molecule has 4 heterocycles. The molecule has 4 aromatic heterocycles. The molecule has 1 aliphatic rings. The number of hydrogen-bond acceptors (Lipinski definition) is 8. The summed E-state index contributed by atoms with van der Waals surface area (Å²) in [5, 5.41) is 12.2. The molecule has 1 aliphatic carbocycles. The third-order valence-electron chi connectivity index (χ3n) is 6.17. The second-order valence-corrected chi connectivity index (χ2v) is 9.84. The molecular weight excluding hydrogens is 502 g/mol. The van der Waals surface area contributed by atoms with Crippen molar-refractivity contribution in [3.63, 3.8) is 0 Å². The highest BCUT2D eigenvalue weighted by Crippen LogP contribution is 2.48. The normalized spacial score (nSPS) is 16.6. The van der Waals surface area contributed by atoms with E-state index in [9.17, 15) is 18.4 Å². The van der Waals surface area contributed by atoms with Gasteiger partial charge in [0.1, 0.15) is 22.3 Å². The Labute approximate surface area is 214 Å². The van der Waals surface area contributed by atoms with E-state index in [0.29, 0.717) is 17.0 Å². The SMILES string of the molecule is COc1cnc(C(F)F)cc1-c1cc(-n2ccc(C)cc2=O)ncc1C(=O)Nc1nnc(C2C[C@@H]2C)s1. The summed E-state index contributed by atoms with van der Waals surface area (Å²) in [6, 6.07) is 5.82. The van der Waals surface area contributed by atoms with Crippen molar-refractivity contribution in [1.82, 2.24) is 24.7 Å². The highest BCUT2D eigenvalue weighted by atomic mass is 32.1. The molecule has 5 rings (SSSR count). The van der Waals surface area contributed by atoms with Gasteiger partial charge in [0, 0.05) is 35.5 Å². The first-order chi connectivity index (χ1) is 17.7. The van der Waals surface area contributed by atoms with Gasteiger partial charge in [0.25, 0.3) is 17.9 Å². The number of halogens is 2. The number of anilines is 1. The van der Waals surface area contributed by atoms with Crippen LogP contribution in [-0.4, -0.2) is 37.7 Å². The van der Waals surface area contributed by atoms with E-state index >= 15 is 0 Å². The van der Waals surface area contributed by atoms with Gasteiger partial charge in [-0.25, -0.2) is 13.8 Å². The second kappa shape index (κ2) is 9.77. The lowest BCUT2D eigenvalue weighted by molar-refractivity contribution is 0.102. The van der Waals surface area contributed by atoms with Gasteiger partial charge >= 0.3 is 0 Å². The molecule has 1 unspecified atom stereocenters. The fourth-order valence-corrected chi connectivity index (χ4v) is 4.95. The lowest BCUT2D eigenvalue weighted by atomic mass is 10.00. The summed E-state index contributed by atoms with van der Waals surface area (Å²) in [7, 11) is 1.37. The molecule has 190 valence electrons. The largest absolute Gasteiger partial charge is 0.494 e. The Kier molecular flexibility index (Phi) is 6.50. The van der Waals surface area contributed by atoms with E-state index < -0.39 is 18.0 Å². The Bertz CT molecular complexity index is 1550. The number of methoxy groups -OCH3 is 1. The van der Waals surface area contributed by atoms with Gasteiger partial charge in [0.15, 0.2) is 0 Å². The van der Waals surface area contributed by atoms with Gasteiger partial charge in [-0.3, -0.25) is 24.5 Å². The van der Waals surface area contributed by atoms with E-state index in [4.69, 9.17) is 4.74 Å². The molecule has 0 aromatic carbocycles. The zero-order valence-corrected chi connectivity index (χ0v) is 20.9. The third kappa shape index (κ3) is 4.96. The van der Waals surface area contributed by atoms with Crippen molar-refractivity contribution in [1.29, 1.82) is 0 Å². The average molecular weight is 525 g/mol. The number of amides is 1. The van der Waals surface area contributed by atoms with Crippen LogP contribution in [0.4, 0.5) is 13.9 Å². The fourth-order valence-electron chi connectivity index (χ4n) is 3.96. The minimum Gasteiger partial charge on any atom is -0.494 e. The van der Waals surface area contributed by atoms with Crippen LogP contribution >= 0.6 is 11.3 Å². The number of carbonyl (C=O) groups excluding carboxylic acids is 1. The molecule has 0 saturated heterocycles. The molecule has 1 fully saturated rings. The Morgan fingerprint density at radius 2 is 1.97 bits per heavy atom. The number of aromatic nitrogens is 5. The van der Waals surface area contributed by atoms with Crippen molar-refractivity contribution >= 4 is 22.4 Å². The van der Waals surface area contributed by atoms with Crippen LogP contribution in [0.5, 0.6) is 5.75 Å². The van der Waals surface area contributed by atoms with Crippen LogP contribution in [0.1, 0.15) is 52.3 Å². The van der Waals surface area contributed by atoms with Crippen LogP contribution in [-0.2, 0) is 0 Å². The number of alkyl halides is 2. The molecule has 2 atom stereocenters. The predicted molar refractivity (Wildman–Crippen MR) is 134 cm³/mol. The quantitative estimate of drug-likeness (QED) is 0.370. The number of carbonyl (C=O) groups is 1. The van der Waals surface area contributed by atoms with Crippen molar-refractivity contribution in [2.45, 2.75) is 32.6 Å². The maximum atomic E-state index is 13.5. The number of ether oxygens (including phenoxy) is 1. The highest BCUT2D eigenvalue weighted by molar-refractivity contribution is 7.15. The zero-order chi connectivity index (χ0) is 26.3. The molecule has 1 amide bonds. The van der Waals surface area contributed by atoms with E-state index in [1.807, 2.05) is 0 Å². The van der Waals surface area contributed by atoms with Crippen LogP contribution in [0, 0.1) is 12.8 Å². The van der Waals surface area contributed by atoms with Gasteiger partial charge in [0.05, 0.1) is 18.9 Å². The van der Waals surface area contributed by atoms with Crippen LogP contribution < -0.4 is 15.6 Å². The Balaban J connectivity index is 1.61. The Morgan fingerprint density at radius 3 is 2.65 bits per heavy atom. The van der Waals surface area contributed by atoms with Crippen LogP contribution in [0.3, 0.4) is 0 Å². The molecule has 1 saturated carbocycles. The summed E-state index contributed by atoms with van der Waals surface area (Å²) in [6.07, 6.45) is 2.21. The third-order valence-corrected chi connectivity index (χ3v) is 7.14. The van der Waals surface area contributed by atoms with Gasteiger partial charge in [-0.15, -0.1) is 10.2 Å². The number of hydrogen-bond donors (Lipinski definition) is 1. The molecule has 12 heteroatoms. The number of aryl methyl sites for hydroxylation is 1. The standard InChI is InChI=1S/C25H22F2N6O3S/c1-12-4-5-33(21(34)6-12)20-9-15(16-8-18(22(26)27)28-11-19(16)36-3)17(10-29-20)23(35)30-25-32-31-24(37-25)14-7-13(14)2/h4-6,8-11,13-14,22H,7H2,1-3H3,(H,30,32,35)/t13-,14?/m0/s1. The molecule has 0 radical (unpaired) electrons. The van der Waals surface area contributed by atoms with Crippen molar-refractivity contribution in [3.05, 3.63) is 75.0 Å². The first-order valence-electron chi connectivity index (χ1n) is 11.4. The summed E-state index contributed by atoms with van der Waals surface area (Å²) >= 11 is 1.30. The first kappa shape index (κ1) is 24.6. The average Bonchev–Trinajstić information content (AvgIpc) is 3.43. The molecule has 37 heavy (non-hydrogen) atoms. The summed E-state index contributed by atoms with van der Waals surface area (Å²) in [5.74, 6) is 0.701. The van der Waals surface area contributed by atoms with Crippen molar-refractivity contribution < 1.29 is 18.3 Å². The minimum absolute atomic E-state index is 0.0742. The maximum Gasteiger partial charge on any atom is 0.280 e. The molecule has 4 aromatic rings. The molecule has 0 aliphatic heterocycles. The highest BCUT2D eigenvalue weighted by Gasteiger charge is 2.37. The molecule has 9 nitrogen and oxygen atoms in total. The van der Waals surface area contributed by atoms with Crippen molar-refractivity contribution in [3.8, 4) is 22.7 Å². The molecule has 0 spiro atoms. The molecular formula is C25H22F2N6O3S.